The summed E-state index contributed by atoms with van der Waals surface area (Å²) in [6, 6.07) is 0. The van der Waals surface area contributed by atoms with E-state index in [0.717, 1.165) is 51.4 Å². The fourth-order valence-electron chi connectivity index (χ4n) is 13.5. The van der Waals surface area contributed by atoms with Crippen molar-refractivity contribution in [3.8, 4) is 0 Å². The second-order valence-electron chi connectivity index (χ2n) is 18.7. The highest BCUT2D eigenvalue weighted by Crippen LogP contribution is 2.89. The highest BCUT2D eigenvalue weighted by Gasteiger charge is 2.85. The summed E-state index contributed by atoms with van der Waals surface area (Å²) in [5, 5.41) is 66.2. The summed E-state index contributed by atoms with van der Waals surface area (Å²) < 4.78 is 19.5. The van der Waals surface area contributed by atoms with Crippen LogP contribution in [0.2, 0.25) is 0 Å². The van der Waals surface area contributed by atoms with Gasteiger partial charge in [0.05, 0.1) is 41.7 Å². The molecule has 0 amide bonds. The van der Waals surface area contributed by atoms with Gasteiger partial charge in [-0.15, -0.1) is 0 Å². The third kappa shape index (κ3) is 4.17. The van der Waals surface area contributed by atoms with Gasteiger partial charge in [-0.1, -0.05) is 27.7 Å². The zero-order valence-corrected chi connectivity index (χ0v) is 28.7. The molecule has 17 atom stereocenters. The van der Waals surface area contributed by atoms with Crippen molar-refractivity contribution in [1.82, 2.24) is 0 Å². The molecule has 0 aromatic heterocycles. The van der Waals surface area contributed by atoms with E-state index in [2.05, 4.69) is 34.6 Å². The Balaban J connectivity index is 1.26. The van der Waals surface area contributed by atoms with E-state index in [1.54, 1.807) is 6.92 Å². The molecule has 2 spiro atoms. The Morgan fingerprint density at radius 3 is 2.11 bits per heavy atom. The minimum atomic E-state index is -1.39. The summed E-state index contributed by atoms with van der Waals surface area (Å²) in [6.07, 6.45) is 0.447. The van der Waals surface area contributed by atoms with Crippen molar-refractivity contribution in [1.29, 1.82) is 0 Å². The lowest BCUT2D eigenvalue weighted by Gasteiger charge is -2.65. The number of hydrogen-bond acceptors (Lipinski definition) is 9. The van der Waals surface area contributed by atoms with Crippen molar-refractivity contribution in [3.05, 3.63) is 0 Å². The number of aliphatic hydroxyl groups is 6. The van der Waals surface area contributed by atoms with Gasteiger partial charge >= 0.3 is 0 Å². The van der Waals surface area contributed by atoms with Crippen LogP contribution in [-0.4, -0.2) is 97.0 Å². The van der Waals surface area contributed by atoms with E-state index in [1.165, 1.54) is 0 Å². The molecule has 2 aliphatic heterocycles. The molecule has 2 heterocycles. The van der Waals surface area contributed by atoms with Crippen molar-refractivity contribution in [2.24, 2.45) is 44.8 Å². The first-order valence-electron chi connectivity index (χ1n) is 17.8. The third-order valence-electron chi connectivity index (χ3n) is 15.9. The van der Waals surface area contributed by atoms with Gasteiger partial charge in [0.2, 0.25) is 0 Å². The zero-order valence-electron chi connectivity index (χ0n) is 28.7. The number of rotatable bonds is 4. The van der Waals surface area contributed by atoms with Gasteiger partial charge in [0.15, 0.2) is 6.29 Å². The normalized spacial score (nSPS) is 60.4. The van der Waals surface area contributed by atoms with Gasteiger partial charge in [-0.3, -0.25) is 0 Å². The molecule has 9 nitrogen and oxygen atoms in total. The van der Waals surface area contributed by atoms with Crippen LogP contribution >= 0.6 is 0 Å². The van der Waals surface area contributed by atoms with Crippen molar-refractivity contribution in [3.63, 3.8) is 0 Å². The smallest absolute Gasteiger partial charge is 0.186 e. The Morgan fingerprint density at radius 1 is 0.778 bits per heavy atom. The van der Waals surface area contributed by atoms with Crippen LogP contribution in [0.25, 0.3) is 0 Å². The SMILES string of the molecule is C[C@@H]1O[C@@H](O[C@H]2C[C@@H]3[C@]4(CC[C@]5(C)[C@@H]([C@]6(C)CC[C@@H](C(C)(C)O)O6)[C@@H](O)C[C@@]35C)C[C@@]43CC[C@H](O)C(C)(C)[C@H]23)[C@H](O)[C@H](O)[C@H]1O. The van der Waals surface area contributed by atoms with Crippen molar-refractivity contribution < 1.29 is 44.8 Å². The van der Waals surface area contributed by atoms with Gasteiger partial charge in [-0.2, -0.15) is 0 Å². The predicted molar refractivity (Wildman–Crippen MR) is 166 cm³/mol. The molecule has 7 fully saturated rings. The number of ether oxygens (including phenoxy) is 3. The highest BCUT2D eigenvalue weighted by molar-refractivity contribution is 5.33. The van der Waals surface area contributed by atoms with Crippen LogP contribution in [0.1, 0.15) is 113 Å². The molecule has 258 valence electrons. The third-order valence-corrected chi connectivity index (χ3v) is 15.9. The first-order chi connectivity index (χ1) is 20.7. The first-order valence-corrected chi connectivity index (χ1v) is 17.8. The first kappa shape index (κ1) is 33.2. The van der Waals surface area contributed by atoms with Crippen LogP contribution in [0.3, 0.4) is 0 Å². The van der Waals surface area contributed by atoms with Crippen LogP contribution in [-0.2, 0) is 14.2 Å². The number of aliphatic hydroxyl groups excluding tert-OH is 5. The summed E-state index contributed by atoms with van der Waals surface area (Å²) >= 11 is 0. The van der Waals surface area contributed by atoms with Crippen molar-refractivity contribution in [2.75, 3.05) is 0 Å². The lowest BCUT2D eigenvalue weighted by Crippen LogP contribution is -2.64. The minimum absolute atomic E-state index is 0.0141. The summed E-state index contributed by atoms with van der Waals surface area (Å²) in [5.74, 6) is 0.218. The Bertz CT molecular complexity index is 1190. The van der Waals surface area contributed by atoms with Crippen LogP contribution in [0.15, 0.2) is 0 Å². The molecular weight excluding hydrogens is 576 g/mol. The Kier molecular flexibility index (Phi) is 7.27. The molecule has 7 rings (SSSR count). The molecule has 0 bridgehead atoms. The lowest BCUT2D eigenvalue weighted by atomic mass is 9.41. The van der Waals surface area contributed by atoms with E-state index in [4.69, 9.17) is 14.2 Å². The zero-order chi connectivity index (χ0) is 32.9. The van der Waals surface area contributed by atoms with E-state index in [1.807, 2.05) is 13.8 Å². The van der Waals surface area contributed by atoms with Crippen molar-refractivity contribution >= 4 is 0 Å². The molecule has 9 heteroatoms. The van der Waals surface area contributed by atoms with Gasteiger partial charge in [-0.05, 0) is 124 Å². The average Bonchev–Trinajstić information content (AvgIpc) is 3.31. The number of hydrogen-bond donors (Lipinski definition) is 6. The highest BCUT2D eigenvalue weighted by atomic mass is 16.7. The molecular formula is C36H60O9. The second kappa shape index (κ2) is 9.87. The van der Waals surface area contributed by atoms with Crippen LogP contribution in [0.4, 0.5) is 0 Å². The largest absolute Gasteiger partial charge is 0.393 e. The molecule has 0 aromatic rings. The quantitative estimate of drug-likeness (QED) is 0.256. The Labute approximate surface area is 269 Å². The fraction of sp³-hybridized carbons (Fsp3) is 1.00. The minimum Gasteiger partial charge on any atom is -0.393 e. The predicted octanol–water partition coefficient (Wildman–Crippen LogP) is 3.29. The molecule has 5 aliphatic carbocycles. The maximum absolute atomic E-state index is 12.0. The summed E-state index contributed by atoms with van der Waals surface area (Å²) in [5.41, 5.74) is -2.24. The van der Waals surface area contributed by atoms with E-state index < -0.39 is 59.5 Å². The molecule has 6 N–H and O–H groups in total. The van der Waals surface area contributed by atoms with Gasteiger partial charge in [0, 0.05) is 5.92 Å². The molecule has 7 aliphatic rings. The van der Waals surface area contributed by atoms with Crippen LogP contribution in [0.5, 0.6) is 0 Å². The molecule has 45 heavy (non-hydrogen) atoms. The molecule has 2 saturated heterocycles. The molecule has 0 aromatic carbocycles. The Hall–Kier alpha value is -0.360. The van der Waals surface area contributed by atoms with E-state index in [9.17, 15) is 30.6 Å². The maximum atomic E-state index is 12.0. The topological polar surface area (TPSA) is 149 Å². The maximum Gasteiger partial charge on any atom is 0.186 e. The fourth-order valence-corrected chi connectivity index (χ4v) is 13.5. The van der Waals surface area contributed by atoms with Crippen LogP contribution in [0, 0.1) is 44.8 Å². The van der Waals surface area contributed by atoms with E-state index in [-0.39, 0.29) is 51.6 Å². The monoisotopic (exact) mass is 636 g/mol. The van der Waals surface area contributed by atoms with Gasteiger partial charge in [-0.25, -0.2) is 0 Å². The van der Waals surface area contributed by atoms with Crippen LogP contribution < -0.4 is 0 Å². The molecule has 5 saturated carbocycles. The summed E-state index contributed by atoms with van der Waals surface area (Å²) in [7, 11) is 0. The van der Waals surface area contributed by atoms with Crippen molar-refractivity contribution in [2.45, 2.75) is 180 Å². The van der Waals surface area contributed by atoms with E-state index in [0.29, 0.717) is 6.42 Å². The second-order valence-corrected chi connectivity index (χ2v) is 18.7. The number of fused-ring (bicyclic) bond motifs is 2. The van der Waals surface area contributed by atoms with Gasteiger partial charge < -0.3 is 44.8 Å². The lowest BCUT2D eigenvalue weighted by molar-refractivity contribution is -0.326. The summed E-state index contributed by atoms with van der Waals surface area (Å²) in [6.45, 7) is 16.6. The Morgan fingerprint density at radius 2 is 1.47 bits per heavy atom. The van der Waals surface area contributed by atoms with Gasteiger partial charge in [0.1, 0.15) is 18.3 Å². The molecule has 0 radical (unpaired) electrons. The standard InChI is InChI=1S/C36H60O9/c1-18-24(39)25(40)26(41)29(43-18)44-20-15-21-33(7)16-19(37)27(34(8)11-10-23(45-34)31(4,5)42)32(33,6)13-14-35(21)17-36(35)12-9-22(38)30(2,3)28(20)36/h18-29,37-42H,9-17H2,1-8H3/t18-,19-,20-,21-,22-,23-,24-,25+,26+,27-,28-,29-,32+,33-,34-,35-,36+/m0/s1. The average molecular weight is 637 g/mol. The summed E-state index contributed by atoms with van der Waals surface area (Å²) in [4.78, 5) is 0. The van der Waals surface area contributed by atoms with Gasteiger partial charge in [0.25, 0.3) is 0 Å². The van der Waals surface area contributed by atoms with E-state index >= 15 is 0 Å². The molecule has 0 unspecified atom stereocenters.